The molecule has 1 amide bonds. The predicted molar refractivity (Wildman–Crippen MR) is 112 cm³/mol. The molecule has 1 heterocycles. The molecular weight excluding hydrogens is 390 g/mol. The molecule has 5 nitrogen and oxygen atoms in total. The average molecular weight is 414 g/mol. The maximum atomic E-state index is 13.3. The van der Waals surface area contributed by atoms with Crippen molar-refractivity contribution in [1.82, 2.24) is 5.06 Å². The minimum atomic E-state index is -0.984. The molecule has 29 heavy (non-hydrogen) atoms. The third-order valence-corrected chi connectivity index (χ3v) is 5.42. The fourth-order valence-corrected chi connectivity index (χ4v) is 4.12. The number of hydrogen-bond donors (Lipinski definition) is 0. The van der Waals surface area contributed by atoms with Crippen molar-refractivity contribution in [2.45, 2.75) is 40.2 Å². The molecule has 0 radical (unpaired) electrons. The van der Waals surface area contributed by atoms with E-state index in [2.05, 4.69) is 0 Å². The summed E-state index contributed by atoms with van der Waals surface area (Å²) in [6.45, 7) is 9.42. The largest absolute Gasteiger partial charge is 0.424 e. The van der Waals surface area contributed by atoms with Gasteiger partial charge in [-0.2, -0.15) is 0 Å². The lowest BCUT2D eigenvalue weighted by Crippen LogP contribution is -2.43. The van der Waals surface area contributed by atoms with Gasteiger partial charge in [0.05, 0.1) is 23.3 Å². The summed E-state index contributed by atoms with van der Waals surface area (Å²) in [6, 6.07) is 10.6. The fraction of sp³-hybridized carbons (Fsp3) is 0.304. The van der Waals surface area contributed by atoms with Crippen LogP contribution in [0.4, 0.5) is 0 Å². The Morgan fingerprint density at radius 3 is 2.21 bits per heavy atom. The molecule has 152 valence electrons. The van der Waals surface area contributed by atoms with Gasteiger partial charge in [-0.1, -0.05) is 41.4 Å². The number of amides is 1. The molecule has 0 saturated carbocycles. The van der Waals surface area contributed by atoms with E-state index in [0.29, 0.717) is 5.57 Å². The summed E-state index contributed by atoms with van der Waals surface area (Å²) in [7, 11) is 1.42. The highest BCUT2D eigenvalue weighted by Crippen LogP contribution is 2.43. The molecule has 3 rings (SSSR count). The molecule has 1 aliphatic rings. The lowest BCUT2D eigenvalue weighted by atomic mass is 9.91. The minimum absolute atomic E-state index is 0.234. The SMILES string of the molecule is CON1C(=O)C(c2c(C)cc(C)cc2C)=C(OC(=O)c2ccccc2Cl)C1(C)C. The highest BCUT2D eigenvalue weighted by atomic mass is 35.5. The van der Waals surface area contributed by atoms with Gasteiger partial charge < -0.3 is 4.74 Å². The first-order valence-corrected chi connectivity index (χ1v) is 9.65. The molecule has 0 unspecified atom stereocenters. The molecule has 0 atom stereocenters. The molecule has 0 fully saturated rings. The Balaban J connectivity index is 2.21. The number of carbonyl (C=O) groups is 2. The molecular formula is C23H24ClNO4. The molecule has 0 spiro atoms. The van der Waals surface area contributed by atoms with Crippen molar-refractivity contribution in [1.29, 1.82) is 0 Å². The van der Waals surface area contributed by atoms with E-state index in [0.717, 1.165) is 22.3 Å². The van der Waals surface area contributed by atoms with E-state index in [1.165, 1.54) is 12.2 Å². The normalized spacial score (nSPS) is 15.8. The van der Waals surface area contributed by atoms with Crippen LogP contribution >= 0.6 is 11.6 Å². The van der Waals surface area contributed by atoms with Gasteiger partial charge in [-0.05, 0) is 63.4 Å². The zero-order chi connectivity index (χ0) is 21.5. The third-order valence-electron chi connectivity index (χ3n) is 5.09. The van der Waals surface area contributed by atoms with E-state index in [9.17, 15) is 9.59 Å². The molecule has 0 aromatic heterocycles. The number of esters is 1. The molecule has 2 aromatic carbocycles. The first kappa shape index (κ1) is 21.1. The molecule has 0 saturated heterocycles. The first-order chi connectivity index (χ1) is 13.6. The summed E-state index contributed by atoms with van der Waals surface area (Å²) in [5.41, 5.74) is 3.26. The fourth-order valence-electron chi connectivity index (χ4n) is 3.91. The van der Waals surface area contributed by atoms with Gasteiger partial charge in [-0.15, -0.1) is 0 Å². The Bertz CT molecular complexity index is 1020. The van der Waals surface area contributed by atoms with Gasteiger partial charge in [-0.25, -0.2) is 9.86 Å². The Kier molecular flexibility index (Phi) is 5.57. The standard InChI is InChI=1S/C23H24ClNO4/c1-13-11-14(2)18(15(3)12-13)19-20(23(4,5)25(28-6)21(19)26)29-22(27)16-9-7-8-10-17(16)24/h7-12H,1-6H3. The van der Waals surface area contributed by atoms with E-state index in [4.69, 9.17) is 21.2 Å². The zero-order valence-electron chi connectivity index (χ0n) is 17.4. The summed E-state index contributed by atoms with van der Waals surface area (Å²) in [5.74, 6) is -0.733. The number of ether oxygens (including phenoxy) is 1. The second-order valence-corrected chi connectivity index (χ2v) is 8.10. The second kappa shape index (κ2) is 7.65. The summed E-state index contributed by atoms with van der Waals surface area (Å²) in [6.07, 6.45) is 0. The Hall–Kier alpha value is -2.63. The van der Waals surface area contributed by atoms with Crippen molar-refractivity contribution in [3.63, 3.8) is 0 Å². The summed E-state index contributed by atoms with van der Waals surface area (Å²) < 4.78 is 5.82. The number of halogens is 1. The van der Waals surface area contributed by atoms with Gasteiger partial charge in [0, 0.05) is 0 Å². The number of carbonyl (C=O) groups excluding carboxylic acids is 2. The van der Waals surface area contributed by atoms with Crippen molar-refractivity contribution < 1.29 is 19.2 Å². The smallest absolute Gasteiger partial charge is 0.344 e. The van der Waals surface area contributed by atoms with E-state index in [-0.39, 0.29) is 22.3 Å². The van der Waals surface area contributed by atoms with E-state index in [1.807, 2.05) is 32.9 Å². The van der Waals surface area contributed by atoms with Crippen LogP contribution in [0.5, 0.6) is 0 Å². The van der Waals surface area contributed by atoms with Gasteiger partial charge in [0.15, 0.2) is 0 Å². The van der Waals surface area contributed by atoms with Gasteiger partial charge in [0.2, 0.25) is 0 Å². The Morgan fingerprint density at radius 2 is 1.66 bits per heavy atom. The van der Waals surface area contributed by atoms with Crippen molar-refractivity contribution >= 4 is 29.1 Å². The summed E-state index contributed by atoms with van der Waals surface area (Å²) >= 11 is 6.16. The van der Waals surface area contributed by atoms with Crippen LogP contribution in [0, 0.1) is 20.8 Å². The lowest BCUT2D eigenvalue weighted by Gasteiger charge is -2.30. The topological polar surface area (TPSA) is 55.8 Å². The van der Waals surface area contributed by atoms with Crippen molar-refractivity contribution in [3.8, 4) is 0 Å². The molecule has 6 heteroatoms. The van der Waals surface area contributed by atoms with Gasteiger partial charge >= 0.3 is 5.97 Å². The Morgan fingerprint density at radius 1 is 1.07 bits per heavy atom. The molecule has 0 bridgehead atoms. The van der Waals surface area contributed by atoms with Crippen LogP contribution in [0.15, 0.2) is 42.2 Å². The van der Waals surface area contributed by atoms with E-state index < -0.39 is 11.5 Å². The van der Waals surface area contributed by atoms with Gasteiger partial charge in [-0.3, -0.25) is 9.63 Å². The maximum Gasteiger partial charge on any atom is 0.344 e. The summed E-state index contributed by atoms with van der Waals surface area (Å²) in [5, 5.41) is 1.52. The van der Waals surface area contributed by atoms with Crippen molar-refractivity contribution in [2.75, 3.05) is 7.11 Å². The summed E-state index contributed by atoms with van der Waals surface area (Å²) in [4.78, 5) is 31.5. The van der Waals surface area contributed by atoms with Crippen LogP contribution in [0.25, 0.3) is 5.57 Å². The van der Waals surface area contributed by atoms with Crippen molar-refractivity contribution in [2.24, 2.45) is 0 Å². The molecule has 2 aromatic rings. The van der Waals surface area contributed by atoms with E-state index in [1.54, 1.807) is 38.1 Å². The van der Waals surface area contributed by atoms with Gasteiger partial charge in [0.1, 0.15) is 11.3 Å². The number of hydroxylamine groups is 2. The molecule has 0 aliphatic carbocycles. The first-order valence-electron chi connectivity index (χ1n) is 9.28. The number of aryl methyl sites for hydroxylation is 3. The van der Waals surface area contributed by atoms with Crippen LogP contribution in [-0.4, -0.2) is 29.6 Å². The highest BCUT2D eigenvalue weighted by Gasteiger charge is 2.50. The van der Waals surface area contributed by atoms with Crippen LogP contribution in [0.1, 0.15) is 46.5 Å². The third kappa shape index (κ3) is 3.56. The minimum Gasteiger partial charge on any atom is -0.424 e. The number of hydrogen-bond acceptors (Lipinski definition) is 4. The second-order valence-electron chi connectivity index (χ2n) is 7.69. The number of rotatable bonds is 4. The number of benzene rings is 2. The van der Waals surface area contributed by atoms with Crippen molar-refractivity contribution in [3.05, 3.63) is 75.0 Å². The highest BCUT2D eigenvalue weighted by molar-refractivity contribution is 6.33. The lowest BCUT2D eigenvalue weighted by molar-refractivity contribution is -0.189. The van der Waals surface area contributed by atoms with E-state index >= 15 is 0 Å². The molecule has 1 aliphatic heterocycles. The molecule has 0 N–H and O–H groups in total. The van der Waals surface area contributed by atoms with Crippen LogP contribution in [0.2, 0.25) is 5.02 Å². The monoisotopic (exact) mass is 413 g/mol. The number of nitrogens with zero attached hydrogens (tertiary/aromatic N) is 1. The van der Waals surface area contributed by atoms with Gasteiger partial charge in [0.25, 0.3) is 5.91 Å². The average Bonchev–Trinajstić information content (AvgIpc) is 2.80. The zero-order valence-corrected chi connectivity index (χ0v) is 18.2. The predicted octanol–water partition coefficient (Wildman–Crippen LogP) is 5.02. The quantitative estimate of drug-likeness (QED) is 0.660. The van der Waals surface area contributed by atoms with Crippen LogP contribution in [0.3, 0.4) is 0 Å². The van der Waals surface area contributed by atoms with Crippen LogP contribution in [-0.2, 0) is 14.4 Å². The van der Waals surface area contributed by atoms with Crippen LogP contribution < -0.4 is 0 Å². The Labute approximate surface area is 175 Å². The maximum absolute atomic E-state index is 13.3.